The van der Waals surface area contributed by atoms with Crippen LogP contribution in [0.25, 0.3) is 21.6 Å². The quantitative estimate of drug-likeness (QED) is 0.530. The van der Waals surface area contributed by atoms with Gasteiger partial charge in [-0.2, -0.15) is 5.10 Å². The van der Waals surface area contributed by atoms with Gasteiger partial charge < -0.3 is 4.90 Å². The van der Waals surface area contributed by atoms with Gasteiger partial charge in [0.25, 0.3) is 0 Å². The normalized spacial score (nSPS) is 15.5. The van der Waals surface area contributed by atoms with E-state index in [9.17, 15) is 0 Å². The lowest BCUT2D eigenvalue weighted by atomic mass is 9.93. The molecule has 136 valence electrons. The molecule has 0 N–H and O–H groups in total. The summed E-state index contributed by atoms with van der Waals surface area (Å²) in [6.45, 7) is 2.00. The summed E-state index contributed by atoms with van der Waals surface area (Å²) in [6.07, 6.45) is 4.13. The fourth-order valence-corrected chi connectivity index (χ4v) is 4.65. The highest BCUT2D eigenvalue weighted by molar-refractivity contribution is 7.13. The van der Waals surface area contributed by atoms with Crippen LogP contribution in [0.2, 0.25) is 0 Å². The van der Waals surface area contributed by atoms with Crippen molar-refractivity contribution >= 4 is 28.1 Å². The van der Waals surface area contributed by atoms with Gasteiger partial charge in [0.15, 0.2) is 5.82 Å². The molecule has 0 radical (unpaired) electrons. The molecule has 0 aliphatic carbocycles. The second kappa shape index (κ2) is 6.78. The van der Waals surface area contributed by atoms with Crippen LogP contribution in [0.1, 0.15) is 24.5 Å². The van der Waals surface area contributed by atoms with Gasteiger partial charge >= 0.3 is 0 Å². The van der Waals surface area contributed by atoms with Gasteiger partial charge in [-0.25, -0.2) is 9.97 Å². The summed E-state index contributed by atoms with van der Waals surface area (Å²) in [6, 6.07) is 14.6. The Morgan fingerprint density at radius 2 is 1.85 bits per heavy atom. The third kappa shape index (κ3) is 3.00. The molecule has 0 spiro atoms. The second-order valence-corrected chi connectivity index (χ2v) is 7.95. The molecule has 0 atom stereocenters. The molecular formula is C21H21N5S. The van der Waals surface area contributed by atoms with Crippen LogP contribution in [-0.4, -0.2) is 32.8 Å². The second-order valence-electron chi connectivity index (χ2n) is 7.01. The summed E-state index contributed by atoms with van der Waals surface area (Å²) < 4.78 is 2.01. The van der Waals surface area contributed by atoms with Crippen molar-refractivity contribution in [2.24, 2.45) is 7.05 Å². The highest BCUT2D eigenvalue weighted by atomic mass is 32.1. The fourth-order valence-electron chi connectivity index (χ4n) is 3.99. The van der Waals surface area contributed by atoms with Crippen molar-refractivity contribution in [2.75, 3.05) is 18.0 Å². The van der Waals surface area contributed by atoms with Crippen molar-refractivity contribution in [1.82, 2.24) is 19.7 Å². The van der Waals surface area contributed by atoms with Crippen LogP contribution in [-0.2, 0) is 7.05 Å². The Balaban J connectivity index is 1.49. The fraction of sp³-hybridized carbons (Fsp3) is 0.286. The lowest BCUT2D eigenvalue weighted by Crippen LogP contribution is -2.34. The number of rotatable bonds is 3. The van der Waals surface area contributed by atoms with Crippen LogP contribution in [0.3, 0.4) is 0 Å². The zero-order chi connectivity index (χ0) is 18.2. The van der Waals surface area contributed by atoms with Crippen molar-refractivity contribution in [3.05, 3.63) is 59.7 Å². The van der Waals surface area contributed by atoms with Crippen LogP contribution in [0, 0.1) is 0 Å². The van der Waals surface area contributed by atoms with Crippen molar-refractivity contribution in [3.8, 4) is 10.7 Å². The Kier molecular flexibility index (Phi) is 4.13. The SMILES string of the molecule is Cn1nccc1C1CCN(c2nc(-c3cccs3)nc3ccccc23)CC1. The number of para-hydroxylation sites is 1. The zero-order valence-electron chi connectivity index (χ0n) is 15.2. The Morgan fingerprint density at radius 3 is 2.59 bits per heavy atom. The average molecular weight is 376 g/mol. The third-order valence-corrected chi connectivity index (χ3v) is 6.26. The first-order valence-electron chi connectivity index (χ1n) is 9.33. The van der Waals surface area contributed by atoms with E-state index < -0.39 is 0 Å². The van der Waals surface area contributed by atoms with Gasteiger partial charge in [0.1, 0.15) is 5.82 Å². The minimum atomic E-state index is 0.568. The maximum Gasteiger partial charge on any atom is 0.172 e. The first kappa shape index (κ1) is 16.4. The van der Waals surface area contributed by atoms with Crippen LogP contribution in [0.5, 0.6) is 0 Å². The van der Waals surface area contributed by atoms with Crippen molar-refractivity contribution < 1.29 is 0 Å². The van der Waals surface area contributed by atoms with E-state index in [2.05, 4.69) is 51.8 Å². The van der Waals surface area contributed by atoms with Gasteiger partial charge in [-0.3, -0.25) is 4.68 Å². The topological polar surface area (TPSA) is 46.8 Å². The van der Waals surface area contributed by atoms with Crippen molar-refractivity contribution in [1.29, 1.82) is 0 Å². The Labute approximate surface area is 162 Å². The van der Waals surface area contributed by atoms with Crippen LogP contribution >= 0.6 is 11.3 Å². The van der Waals surface area contributed by atoms with Gasteiger partial charge in [-0.15, -0.1) is 11.3 Å². The predicted molar refractivity (Wildman–Crippen MR) is 110 cm³/mol. The molecule has 0 amide bonds. The molecule has 1 aliphatic heterocycles. The maximum atomic E-state index is 4.98. The molecule has 1 fully saturated rings. The number of aryl methyl sites for hydroxylation is 1. The number of aromatic nitrogens is 4. The van der Waals surface area contributed by atoms with Gasteiger partial charge in [-0.1, -0.05) is 18.2 Å². The summed E-state index contributed by atoms with van der Waals surface area (Å²) in [5.74, 6) is 2.46. The molecule has 5 rings (SSSR count). The first-order chi connectivity index (χ1) is 13.3. The Hall–Kier alpha value is -2.73. The van der Waals surface area contributed by atoms with Crippen LogP contribution in [0.4, 0.5) is 5.82 Å². The van der Waals surface area contributed by atoms with Gasteiger partial charge in [0.2, 0.25) is 0 Å². The number of fused-ring (bicyclic) bond motifs is 1. The van der Waals surface area contributed by atoms with E-state index in [0.29, 0.717) is 5.92 Å². The predicted octanol–water partition coefficient (Wildman–Crippen LogP) is 4.48. The Morgan fingerprint density at radius 1 is 1.00 bits per heavy atom. The van der Waals surface area contributed by atoms with E-state index in [4.69, 9.17) is 9.97 Å². The number of hydrogen-bond acceptors (Lipinski definition) is 5. The lowest BCUT2D eigenvalue weighted by Gasteiger charge is -2.33. The molecule has 27 heavy (non-hydrogen) atoms. The molecule has 0 saturated carbocycles. The van der Waals surface area contributed by atoms with Gasteiger partial charge in [-0.05, 0) is 42.5 Å². The van der Waals surface area contributed by atoms with Crippen LogP contribution < -0.4 is 4.90 Å². The summed E-state index contributed by atoms with van der Waals surface area (Å²) in [7, 11) is 2.03. The molecule has 0 bridgehead atoms. The largest absolute Gasteiger partial charge is 0.356 e. The monoisotopic (exact) mass is 375 g/mol. The summed E-state index contributed by atoms with van der Waals surface area (Å²) in [5, 5.41) is 7.55. The number of benzene rings is 1. The molecule has 1 saturated heterocycles. The number of piperidine rings is 1. The zero-order valence-corrected chi connectivity index (χ0v) is 16.1. The molecule has 4 heterocycles. The number of anilines is 1. The van der Waals surface area contributed by atoms with Gasteiger partial charge in [0.05, 0.1) is 10.4 Å². The molecule has 0 unspecified atom stereocenters. The molecular weight excluding hydrogens is 354 g/mol. The molecule has 4 aromatic rings. The summed E-state index contributed by atoms with van der Waals surface area (Å²) in [4.78, 5) is 13.3. The highest BCUT2D eigenvalue weighted by Gasteiger charge is 2.25. The average Bonchev–Trinajstić information content (AvgIpc) is 3.39. The Bertz CT molecular complexity index is 1060. The van der Waals surface area contributed by atoms with Crippen LogP contribution in [0.15, 0.2) is 54.0 Å². The first-order valence-corrected chi connectivity index (χ1v) is 10.2. The standard InChI is InChI=1S/C21H21N5S/c1-25-18(8-11-22-25)15-9-12-26(13-10-15)21-16-5-2-3-6-17(16)23-20(24-21)19-7-4-14-27-19/h2-8,11,14-15H,9-10,12-13H2,1H3. The molecule has 6 heteroatoms. The van der Waals surface area contributed by atoms with E-state index in [0.717, 1.165) is 53.4 Å². The molecule has 1 aliphatic rings. The molecule has 5 nitrogen and oxygen atoms in total. The third-order valence-electron chi connectivity index (χ3n) is 5.40. The molecule has 1 aromatic carbocycles. The van der Waals surface area contributed by atoms with Gasteiger partial charge in [0, 0.05) is 43.3 Å². The van der Waals surface area contributed by atoms with E-state index in [1.54, 1.807) is 11.3 Å². The number of thiophene rings is 1. The summed E-state index contributed by atoms with van der Waals surface area (Å²) >= 11 is 1.69. The van der Waals surface area contributed by atoms with E-state index >= 15 is 0 Å². The number of hydrogen-bond donors (Lipinski definition) is 0. The van der Waals surface area contributed by atoms with Crippen molar-refractivity contribution in [3.63, 3.8) is 0 Å². The summed E-state index contributed by atoms with van der Waals surface area (Å²) in [5.41, 5.74) is 2.35. The lowest BCUT2D eigenvalue weighted by molar-refractivity contribution is 0.476. The van der Waals surface area contributed by atoms with E-state index in [-0.39, 0.29) is 0 Å². The molecule has 3 aromatic heterocycles. The minimum Gasteiger partial charge on any atom is -0.356 e. The highest BCUT2D eigenvalue weighted by Crippen LogP contribution is 2.34. The number of nitrogens with zero attached hydrogens (tertiary/aromatic N) is 5. The van der Waals surface area contributed by atoms with E-state index in [1.165, 1.54) is 5.69 Å². The van der Waals surface area contributed by atoms with E-state index in [1.807, 2.05) is 24.0 Å². The minimum absolute atomic E-state index is 0.568. The van der Waals surface area contributed by atoms with Crippen molar-refractivity contribution in [2.45, 2.75) is 18.8 Å². The smallest absolute Gasteiger partial charge is 0.172 e. The maximum absolute atomic E-state index is 4.98.